The van der Waals surface area contributed by atoms with E-state index in [0.29, 0.717) is 18.7 Å². The van der Waals surface area contributed by atoms with Crippen molar-refractivity contribution in [2.75, 3.05) is 18.9 Å². The summed E-state index contributed by atoms with van der Waals surface area (Å²) in [5.74, 6) is 1.31. The molecule has 1 atom stereocenters. The Morgan fingerprint density at radius 3 is 2.23 bits per heavy atom. The summed E-state index contributed by atoms with van der Waals surface area (Å²) in [5, 5.41) is 3.11. The highest BCUT2D eigenvalue weighted by Crippen LogP contribution is 2.16. The maximum atomic E-state index is 12.6. The van der Waals surface area contributed by atoms with E-state index >= 15 is 0 Å². The SMILES string of the molecule is CC(=O)SC[C@@H](Cc1ccccc1)C(=O)NCCCCCCCOc1ccccc1. The summed E-state index contributed by atoms with van der Waals surface area (Å²) in [6.07, 6.45) is 6.05. The van der Waals surface area contributed by atoms with Gasteiger partial charge in [-0.3, -0.25) is 9.59 Å². The Balaban J connectivity index is 1.58. The first-order valence-corrected chi connectivity index (χ1v) is 11.8. The van der Waals surface area contributed by atoms with E-state index in [2.05, 4.69) is 5.32 Å². The number of para-hydroxylation sites is 1. The van der Waals surface area contributed by atoms with Gasteiger partial charge in [-0.1, -0.05) is 79.6 Å². The maximum absolute atomic E-state index is 12.6. The molecule has 0 unspecified atom stereocenters. The van der Waals surface area contributed by atoms with Gasteiger partial charge in [0, 0.05) is 19.2 Å². The number of unbranched alkanes of at least 4 members (excludes halogenated alkanes) is 4. The molecular formula is C25H33NO3S. The molecule has 2 aromatic carbocycles. The molecule has 30 heavy (non-hydrogen) atoms. The first-order valence-electron chi connectivity index (χ1n) is 10.8. The van der Waals surface area contributed by atoms with E-state index in [9.17, 15) is 9.59 Å². The number of ether oxygens (including phenoxy) is 1. The molecule has 4 nitrogen and oxygen atoms in total. The Bertz CT molecular complexity index is 737. The van der Waals surface area contributed by atoms with Crippen molar-refractivity contribution < 1.29 is 14.3 Å². The first kappa shape index (κ1) is 24.0. The molecule has 0 aliphatic rings. The molecule has 5 heteroatoms. The lowest BCUT2D eigenvalue weighted by Gasteiger charge is -2.16. The van der Waals surface area contributed by atoms with Crippen LogP contribution in [0.2, 0.25) is 0 Å². The summed E-state index contributed by atoms with van der Waals surface area (Å²) >= 11 is 1.23. The van der Waals surface area contributed by atoms with Gasteiger partial charge in [0.1, 0.15) is 5.75 Å². The van der Waals surface area contributed by atoms with Crippen LogP contribution in [0, 0.1) is 5.92 Å². The molecule has 0 heterocycles. The molecule has 0 aromatic heterocycles. The normalized spacial score (nSPS) is 11.6. The highest BCUT2D eigenvalue weighted by atomic mass is 32.2. The van der Waals surface area contributed by atoms with E-state index in [-0.39, 0.29) is 16.9 Å². The molecule has 0 fully saturated rings. The van der Waals surface area contributed by atoms with E-state index in [0.717, 1.165) is 50.0 Å². The average Bonchev–Trinajstić information content (AvgIpc) is 2.76. The molecule has 0 saturated heterocycles. The van der Waals surface area contributed by atoms with Crippen LogP contribution >= 0.6 is 11.8 Å². The van der Waals surface area contributed by atoms with E-state index in [1.54, 1.807) is 6.92 Å². The zero-order chi connectivity index (χ0) is 21.4. The van der Waals surface area contributed by atoms with E-state index in [1.165, 1.54) is 11.8 Å². The minimum Gasteiger partial charge on any atom is -0.494 e. The summed E-state index contributed by atoms with van der Waals surface area (Å²) in [5.41, 5.74) is 1.12. The van der Waals surface area contributed by atoms with Gasteiger partial charge in [-0.2, -0.15) is 0 Å². The smallest absolute Gasteiger partial charge is 0.224 e. The van der Waals surface area contributed by atoms with Crippen LogP contribution in [0.25, 0.3) is 0 Å². The summed E-state index contributed by atoms with van der Waals surface area (Å²) in [4.78, 5) is 24.0. The number of hydrogen-bond acceptors (Lipinski definition) is 4. The molecule has 1 amide bonds. The number of rotatable bonds is 14. The van der Waals surface area contributed by atoms with Crippen molar-refractivity contribution in [1.29, 1.82) is 0 Å². The van der Waals surface area contributed by atoms with Crippen LogP contribution in [0.3, 0.4) is 0 Å². The number of carbonyl (C=O) groups excluding carboxylic acids is 2. The quantitative estimate of drug-likeness (QED) is 0.417. The van der Waals surface area contributed by atoms with Gasteiger partial charge >= 0.3 is 0 Å². The molecule has 0 aliphatic carbocycles. The van der Waals surface area contributed by atoms with Crippen molar-refractivity contribution >= 4 is 22.8 Å². The molecule has 0 spiro atoms. The third kappa shape index (κ3) is 10.5. The molecule has 0 aliphatic heterocycles. The van der Waals surface area contributed by atoms with E-state index in [4.69, 9.17) is 4.74 Å². The molecule has 162 valence electrons. The zero-order valence-corrected chi connectivity index (χ0v) is 18.7. The van der Waals surface area contributed by atoms with Crippen LogP contribution in [0.15, 0.2) is 60.7 Å². The Hall–Kier alpha value is -2.27. The van der Waals surface area contributed by atoms with E-state index < -0.39 is 0 Å². The largest absolute Gasteiger partial charge is 0.494 e. The van der Waals surface area contributed by atoms with Gasteiger partial charge in [-0.15, -0.1) is 0 Å². The molecule has 2 rings (SSSR count). The number of hydrogen-bond donors (Lipinski definition) is 1. The fourth-order valence-electron chi connectivity index (χ4n) is 3.16. The third-order valence-electron chi connectivity index (χ3n) is 4.82. The second kappa shape index (κ2) is 14.7. The molecule has 0 saturated carbocycles. The fraction of sp³-hybridized carbons (Fsp3) is 0.440. The summed E-state index contributed by atoms with van der Waals surface area (Å²) in [7, 11) is 0. The minimum atomic E-state index is -0.184. The van der Waals surface area contributed by atoms with Crippen LogP contribution in [-0.4, -0.2) is 29.9 Å². The van der Waals surface area contributed by atoms with Gasteiger partial charge < -0.3 is 10.1 Å². The van der Waals surface area contributed by atoms with Crippen LogP contribution in [0.1, 0.15) is 44.6 Å². The number of thioether (sulfide) groups is 1. The van der Waals surface area contributed by atoms with Crippen LogP contribution < -0.4 is 10.1 Å². The number of amides is 1. The lowest BCUT2D eigenvalue weighted by atomic mass is 10.00. The molecular weight excluding hydrogens is 394 g/mol. The number of carbonyl (C=O) groups is 2. The second-order valence-corrected chi connectivity index (χ2v) is 8.61. The van der Waals surface area contributed by atoms with Crippen LogP contribution in [0.4, 0.5) is 0 Å². The summed E-state index contributed by atoms with van der Waals surface area (Å²) in [6.45, 7) is 2.98. The molecule has 0 bridgehead atoms. The highest BCUT2D eigenvalue weighted by molar-refractivity contribution is 8.13. The predicted octanol–water partition coefficient (Wildman–Crippen LogP) is 5.27. The minimum absolute atomic E-state index is 0.0452. The Morgan fingerprint density at radius 2 is 1.53 bits per heavy atom. The summed E-state index contributed by atoms with van der Waals surface area (Å²) < 4.78 is 5.70. The Morgan fingerprint density at radius 1 is 0.900 bits per heavy atom. The standard InChI is InChI=1S/C25H33NO3S/c1-21(27)30-20-23(19-22-13-7-5-8-14-22)25(28)26-17-11-3-2-4-12-18-29-24-15-9-6-10-16-24/h5-10,13-16,23H,2-4,11-12,17-20H2,1H3,(H,26,28)/t23-/m1/s1. The lowest BCUT2D eigenvalue weighted by Crippen LogP contribution is -2.34. The van der Waals surface area contributed by atoms with Crippen molar-refractivity contribution in [3.8, 4) is 5.75 Å². The molecule has 0 radical (unpaired) electrons. The average molecular weight is 428 g/mol. The lowest BCUT2D eigenvalue weighted by molar-refractivity contribution is -0.124. The summed E-state index contributed by atoms with van der Waals surface area (Å²) in [6, 6.07) is 19.9. The number of nitrogens with one attached hydrogen (secondary N) is 1. The molecule has 1 N–H and O–H groups in total. The van der Waals surface area contributed by atoms with Crippen molar-refractivity contribution in [1.82, 2.24) is 5.32 Å². The van der Waals surface area contributed by atoms with Gasteiger partial charge in [0.15, 0.2) is 5.12 Å². The van der Waals surface area contributed by atoms with E-state index in [1.807, 2.05) is 60.7 Å². The first-order chi connectivity index (χ1) is 14.6. The van der Waals surface area contributed by atoms with Gasteiger partial charge in [0.25, 0.3) is 0 Å². The van der Waals surface area contributed by atoms with Gasteiger partial charge in [-0.25, -0.2) is 0 Å². The van der Waals surface area contributed by atoms with Gasteiger partial charge in [0.05, 0.1) is 12.5 Å². The Kier molecular flexibility index (Phi) is 11.7. The van der Waals surface area contributed by atoms with Crippen LogP contribution in [-0.2, 0) is 16.0 Å². The molecule has 2 aromatic rings. The highest BCUT2D eigenvalue weighted by Gasteiger charge is 2.19. The van der Waals surface area contributed by atoms with Crippen molar-refractivity contribution in [2.24, 2.45) is 5.92 Å². The Labute approximate surface area is 184 Å². The topological polar surface area (TPSA) is 55.4 Å². The predicted molar refractivity (Wildman–Crippen MR) is 125 cm³/mol. The van der Waals surface area contributed by atoms with Gasteiger partial charge in [-0.05, 0) is 37.0 Å². The van der Waals surface area contributed by atoms with Crippen LogP contribution in [0.5, 0.6) is 5.75 Å². The third-order valence-corrected chi connectivity index (χ3v) is 5.79. The second-order valence-electron chi connectivity index (χ2n) is 7.41. The van der Waals surface area contributed by atoms with Crippen molar-refractivity contribution in [2.45, 2.75) is 45.4 Å². The van der Waals surface area contributed by atoms with Gasteiger partial charge in [0.2, 0.25) is 5.91 Å². The maximum Gasteiger partial charge on any atom is 0.224 e. The van der Waals surface area contributed by atoms with Crippen molar-refractivity contribution in [3.05, 3.63) is 66.2 Å². The number of benzene rings is 2. The monoisotopic (exact) mass is 427 g/mol. The van der Waals surface area contributed by atoms with Crippen molar-refractivity contribution in [3.63, 3.8) is 0 Å². The zero-order valence-electron chi connectivity index (χ0n) is 17.8. The fourth-order valence-corrected chi connectivity index (χ4v) is 3.87.